The third-order valence-corrected chi connectivity index (χ3v) is 5.99. The smallest absolute Gasteiger partial charge is 0.251 e. The maximum absolute atomic E-state index is 12.5. The molecule has 1 heterocycles. The molecule has 1 aromatic heterocycles. The van der Waals surface area contributed by atoms with Gasteiger partial charge in [0.25, 0.3) is 5.91 Å². The van der Waals surface area contributed by atoms with Crippen LogP contribution in [0.3, 0.4) is 0 Å². The Morgan fingerprint density at radius 1 is 1.15 bits per heavy atom. The lowest BCUT2D eigenvalue weighted by molar-refractivity contribution is 0.0948. The first-order valence-electron chi connectivity index (χ1n) is 9.13. The summed E-state index contributed by atoms with van der Waals surface area (Å²) in [5.41, 5.74) is 1.61. The number of amides is 1. The number of hydrogen-bond acceptors (Lipinski definition) is 4. The molecule has 0 fully saturated rings. The summed E-state index contributed by atoms with van der Waals surface area (Å²) in [7, 11) is -3.65. The van der Waals surface area contributed by atoms with E-state index in [1.54, 1.807) is 24.3 Å². The molecule has 2 aromatic rings. The summed E-state index contributed by atoms with van der Waals surface area (Å²) in [4.78, 5) is 12.4. The Labute approximate surface area is 159 Å². The first-order valence-corrected chi connectivity index (χ1v) is 10.6. The number of allylic oxidation sites excluding steroid dienone is 1. The SMILES string of the molecule is O=C(NCc1ccco1)c1cccc(S(=O)(=O)NCCC2=CCCCC2)c1. The first kappa shape index (κ1) is 19.4. The highest BCUT2D eigenvalue weighted by Crippen LogP contribution is 2.20. The van der Waals surface area contributed by atoms with Crippen molar-refractivity contribution in [2.24, 2.45) is 0 Å². The highest BCUT2D eigenvalue weighted by molar-refractivity contribution is 7.89. The highest BCUT2D eigenvalue weighted by atomic mass is 32.2. The lowest BCUT2D eigenvalue weighted by Crippen LogP contribution is -2.26. The zero-order valence-corrected chi connectivity index (χ0v) is 15.9. The summed E-state index contributed by atoms with van der Waals surface area (Å²) in [5, 5.41) is 2.71. The van der Waals surface area contributed by atoms with E-state index < -0.39 is 10.0 Å². The Bertz CT molecular complexity index is 902. The van der Waals surface area contributed by atoms with Gasteiger partial charge in [-0.25, -0.2) is 13.1 Å². The Balaban J connectivity index is 1.59. The summed E-state index contributed by atoms with van der Waals surface area (Å²) < 4.78 is 32.8. The molecule has 0 radical (unpaired) electrons. The van der Waals surface area contributed by atoms with Crippen molar-refractivity contribution in [3.63, 3.8) is 0 Å². The topological polar surface area (TPSA) is 88.4 Å². The van der Waals surface area contributed by atoms with E-state index in [9.17, 15) is 13.2 Å². The second kappa shape index (κ2) is 9.01. The summed E-state index contributed by atoms with van der Waals surface area (Å²) in [6.45, 7) is 0.610. The predicted molar refractivity (Wildman–Crippen MR) is 103 cm³/mol. The van der Waals surface area contributed by atoms with Gasteiger partial charge in [0.15, 0.2) is 0 Å². The number of nitrogens with one attached hydrogen (secondary N) is 2. The fraction of sp³-hybridized carbons (Fsp3) is 0.350. The molecule has 1 aliphatic carbocycles. The molecule has 0 saturated carbocycles. The maximum atomic E-state index is 12.5. The minimum atomic E-state index is -3.65. The fourth-order valence-corrected chi connectivity index (χ4v) is 4.13. The minimum absolute atomic E-state index is 0.0887. The van der Waals surface area contributed by atoms with Gasteiger partial charge in [-0.05, 0) is 62.4 Å². The van der Waals surface area contributed by atoms with Gasteiger partial charge in [0, 0.05) is 12.1 Å². The van der Waals surface area contributed by atoms with E-state index in [1.165, 1.54) is 36.8 Å². The summed E-state index contributed by atoms with van der Waals surface area (Å²) in [5.74, 6) is 0.279. The number of sulfonamides is 1. The normalized spacial score (nSPS) is 14.6. The number of hydrogen-bond donors (Lipinski definition) is 2. The molecular formula is C20H24N2O4S. The molecule has 6 nitrogen and oxygen atoms in total. The van der Waals surface area contributed by atoms with Gasteiger partial charge in [-0.3, -0.25) is 4.79 Å². The molecule has 0 saturated heterocycles. The van der Waals surface area contributed by atoms with Crippen LogP contribution in [-0.2, 0) is 16.6 Å². The molecule has 0 spiro atoms. The van der Waals surface area contributed by atoms with Crippen molar-refractivity contribution in [1.82, 2.24) is 10.0 Å². The minimum Gasteiger partial charge on any atom is -0.467 e. The largest absolute Gasteiger partial charge is 0.467 e. The van der Waals surface area contributed by atoms with E-state index >= 15 is 0 Å². The number of carbonyl (C=O) groups is 1. The molecule has 0 aliphatic heterocycles. The quantitative estimate of drug-likeness (QED) is 0.679. The zero-order chi connectivity index (χ0) is 19.1. The number of benzene rings is 1. The molecule has 0 atom stereocenters. The van der Waals surface area contributed by atoms with Gasteiger partial charge in [0.2, 0.25) is 10.0 Å². The average molecular weight is 388 g/mol. The van der Waals surface area contributed by atoms with Crippen LogP contribution in [0.2, 0.25) is 0 Å². The van der Waals surface area contributed by atoms with Crippen LogP contribution in [0.4, 0.5) is 0 Å². The zero-order valence-electron chi connectivity index (χ0n) is 15.1. The number of furan rings is 1. The Morgan fingerprint density at radius 3 is 2.78 bits per heavy atom. The third-order valence-electron chi connectivity index (χ3n) is 4.53. The van der Waals surface area contributed by atoms with E-state index in [2.05, 4.69) is 16.1 Å². The highest BCUT2D eigenvalue weighted by Gasteiger charge is 2.16. The van der Waals surface area contributed by atoms with Gasteiger partial charge >= 0.3 is 0 Å². The van der Waals surface area contributed by atoms with Gasteiger partial charge in [-0.15, -0.1) is 0 Å². The van der Waals surface area contributed by atoms with Crippen molar-refractivity contribution in [2.75, 3.05) is 6.54 Å². The van der Waals surface area contributed by atoms with Crippen molar-refractivity contribution in [3.05, 3.63) is 65.6 Å². The monoisotopic (exact) mass is 388 g/mol. The van der Waals surface area contributed by atoms with Crippen LogP contribution in [0, 0.1) is 0 Å². The molecule has 7 heteroatoms. The van der Waals surface area contributed by atoms with Gasteiger partial charge in [-0.2, -0.15) is 0 Å². The predicted octanol–water partition coefficient (Wildman–Crippen LogP) is 3.38. The van der Waals surface area contributed by atoms with Gasteiger partial charge < -0.3 is 9.73 Å². The molecule has 1 aromatic carbocycles. The van der Waals surface area contributed by atoms with Crippen LogP contribution in [0.1, 0.15) is 48.2 Å². The molecule has 0 bridgehead atoms. The first-order chi connectivity index (χ1) is 13.0. The molecule has 144 valence electrons. The third kappa shape index (κ3) is 5.55. The van der Waals surface area contributed by atoms with Crippen molar-refractivity contribution in [2.45, 2.75) is 43.5 Å². The van der Waals surface area contributed by atoms with Gasteiger partial charge in [0.05, 0.1) is 17.7 Å². The van der Waals surface area contributed by atoms with Crippen LogP contribution in [0.25, 0.3) is 0 Å². The van der Waals surface area contributed by atoms with Crippen LogP contribution in [-0.4, -0.2) is 20.9 Å². The van der Waals surface area contributed by atoms with E-state index in [0.29, 0.717) is 17.9 Å². The molecule has 3 rings (SSSR count). The van der Waals surface area contributed by atoms with Crippen LogP contribution in [0.5, 0.6) is 0 Å². The second-order valence-corrected chi connectivity index (χ2v) is 8.31. The lowest BCUT2D eigenvalue weighted by Gasteiger charge is -2.13. The van der Waals surface area contributed by atoms with Crippen LogP contribution < -0.4 is 10.0 Å². The standard InChI is InChI=1S/C20H24N2O4S/c23-20(21-15-18-9-5-13-26-18)17-8-4-10-19(14-17)27(24,25)22-12-11-16-6-2-1-3-7-16/h4-6,8-10,13-14,22H,1-3,7,11-12,15H2,(H,21,23). The van der Waals surface area contributed by atoms with E-state index in [0.717, 1.165) is 19.3 Å². The Hall–Kier alpha value is -2.38. The fourth-order valence-electron chi connectivity index (χ4n) is 3.05. The van der Waals surface area contributed by atoms with E-state index in [4.69, 9.17) is 4.42 Å². The van der Waals surface area contributed by atoms with Crippen molar-refractivity contribution in [3.8, 4) is 0 Å². The van der Waals surface area contributed by atoms with Crippen molar-refractivity contribution < 1.29 is 17.6 Å². The summed E-state index contributed by atoms with van der Waals surface area (Å²) >= 11 is 0. The van der Waals surface area contributed by atoms with E-state index in [1.807, 2.05) is 0 Å². The molecule has 2 N–H and O–H groups in total. The van der Waals surface area contributed by atoms with Crippen molar-refractivity contribution in [1.29, 1.82) is 0 Å². The average Bonchev–Trinajstić information content (AvgIpc) is 3.20. The number of rotatable bonds is 8. The maximum Gasteiger partial charge on any atom is 0.251 e. The second-order valence-electron chi connectivity index (χ2n) is 6.55. The van der Waals surface area contributed by atoms with Gasteiger partial charge in [0.1, 0.15) is 5.76 Å². The summed E-state index contributed by atoms with van der Waals surface area (Å²) in [6, 6.07) is 9.53. The molecule has 1 amide bonds. The van der Waals surface area contributed by atoms with Crippen molar-refractivity contribution >= 4 is 15.9 Å². The molecular weight excluding hydrogens is 364 g/mol. The molecule has 1 aliphatic rings. The number of carbonyl (C=O) groups excluding carboxylic acids is 1. The Kier molecular flexibility index (Phi) is 6.47. The summed E-state index contributed by atoms with van der Waals surface area (Å²) in [6.07, 6.45) is 8.98. The molecule has 0 unspecified atom stereocenters. The van der Waals surface area contributed by atoms with Crippen LogP contribution in [0.15, 0.2) is 63.6 Å². The lowest BCUT2D eigenvalue weighted by atomic mass is 9.97. The molecule has 27 heavy (non-hydrogen) atoms. The van der Waals surface area contributed by atoms with Gasteiger partial charge in [-0.1, -0.05) is 17.7 Å². The van der Waals surface area contributed by atoms with E-state index in [-0.39, 0.29) is 17.3 Å². The van der Waals surface area contributed by atoms with Crippen LogP contribution >= 0.6 is 0 Å². The Morgan fingerprint density at radius 2 is 2.04 bits per heavy atom.